The number of fused-ring (bicyclic) bond motifs is 1. The third-order valence-electron chi connectivity index (χ3n) is 4.13. The lowest BCUT2D eigenvalue weighted by Crippen LogP contribution is -2.34. The van der Waals surface area contributed by atoms with Crippen LogP contribution in [0.2, 0.25) is 0 Å². The molecule has 0 aromatic carbocycles. The number of hydrogen-bond donors (Lipinski definition) is 1. The molecule has 0 spiro atoms. The van der Waals surface area contributed by atoms with Crippen molar-refractivity contribution in [3.05, 3.63) is 66.3 Å². The zero-order valence-electron chi connectivity index (χ0n) is 13.3. The van der Waals surface area contributed by atoms with Gasteiger partial charge < -0.3 is 9.88 Å². The fourth-order valence-electron chi connectivity index (χ4n) is 2.90. The Balaban J connectivity index is 1.40. The Hall–Kier alpha value is -2.80. The summed E-state index contributed by atoms with van der Waals surface area (Å²) in [4.78, 5) is 10.9. The minimum absolute atomic E-state index is 0.652. The molecule has 24 heavy (non-hydrogen) atoms. The molecule has 0 fully saturated rings. The van der Waals surface area contributed by atoms with Crippen molar-refractivity contribution in [1.29, 1.82) is 0 Å². The third-order valence-corrected chi connectivity index (χ3v) is 4.13. The van der Waals surface area contributed by atoms with Gasteiger partial charge in [-0.1, -0.05) is 6.07 Å². The van der Waals surface area contributed by atoms with E-state index in [0.717, 1.165) is 49.2 Å². The quantitative estimate of drug-likeness (QED) is 0.771. The van der Waals surface area contributed by atoms with Crippen molar-refractivity contribution in [2.45, 2.75) is 26.2 Å². The molecule has 0 unspecified atom stereocenters. The Morgan fingerprint density at radius 3 is 2.88 bits per heavy atom. The predicted molar refractivity (Wildman–Crippen MR) is 89.9 cm³/mol. The molecule has 1 aliphatic heterocycles. The van der Waals surface area contributed by atoms with Crippen LogP contribution in [0.1, 0.15) is 17.3 Å². The number of hydrogen-bond acceptors (Lipinski definition) is 6. The average Bonchev–Trinajstić information content (AvgIpc) is 3.04. The smallest absolute Gasteiger partial charge is 0.152 e. The second-order valence-corrected chi connectivity index (χ2v) is 5.81. The van der Waals surface area contributed by atoms with Gasteiger partial charge in [-0.15, -0.1) is 10.2 Å². The minimum atomic E-state index is 0.652. The van der Waals surface area contributed by atoms with Crippen molar-refractivity contribution in [2.24, 2.45) is 0 Å². The largest absolute Gasteiger partial charge is 0.376 e. The second-order valence-electron chi connectivity index (χ2n) is 5.81. The molecule has 1 aliphatic rings. The van der Waals surface area contributed by atoms with Gasteiger partial charge in [0, 0.05) is 38.2 Å². The first-order valence-electron chi connectivity index (χ1n) is 8.05. The molecular formula is C17H19N7. The van der Waals surface area contributed by atoms with E-state index in [1.807, 2.05) is 36.7 Å². The van der Waals surface area contributed by atoms with Gasteiger partial charge in [0.05, 0.1) is 24.5 Å². The summed E-state index contributed by atoms with van der Waals surface area (Å²) in [6, 6.07) is 9.93. The van der Waals surface area contributed by atoms with Crippen molar-refractivity contribution < 1.29 is 0 Å². The van der Waals surface area contributed by atoms with Gasteiger partial charge in [-0.25, -0.2) is 0 Å². The molecule has 4 rings (SSSR count). The van der Waals surface area contributed by atoms with Gasteiger partial charge in [0.25, 0.3) is 0 Å². The molecule has 4 heterocycles. The van der Waals surface area contributed by atoms with Gasteiger partial charge in [0.2, 0.25) is 0 Å². The number of rotatable bonds is 5. The Labute approximate surface area is 140 Å². The minimum Gasteiger partial charge on any atom is -0.376 e. The average molecular weight is 321 g/mol. The molecule has 7 nitrogen and oxygen atoms in total. The standard InChI is InChI=1S/C17H19N7/c1-2-7-19-15(4-1)12-23-8-9-24-16(21-22-17(24)13-23)11-20-14-5-3-6-18-10-14/h1-7,10,20H,8-9,11-13H2. The maximum Gasteiger partial charge on any atom is 0.152 e. The summed E-state index contributed by atoms with van der Waals surface area (Å²) in [6.07, 6.45) is 5.41. The van der Waals surface area contributed by atoms with E-state index >= 15 is 0 Å². The van der Waals surface area contributed by atoms with Crippen LogP contribution in [-0.4, -0.2) is 36.2 Å². The summed E-state index contributed by atoms with van der Waals surface area (Å²) in [6.45, 7) is 4.17. The van der Waals surface area contributed by atoms with Crippen LogP contribution >= 0.6 is 0 Å². The number of aromatic nitrogens is 5. The van der Waals surface area contributed by atoms with E-state index in [4.69, 9.17) is 0 Å². The molecule has 122 valence electrons. The molecule has 0 atom stereocenters. The van der Waals surface area contributed by atoms with Crippen molar-refractivity contribution in [3.63, 3.8) is 0 Å². The summed E-state index contributed by atoms with van der Waals surface area (Å²) in [5.41, 5.74) is 2.08. The van der Waals surface area contributed by atoms with Crippen LogP contribution in [0.3, 0.4) is 0 Å². The van der Waals surface area contributed by atoms with Crippen LogP contribution in [0.25, 0.3) is 0 Å². The molecule has 3 aromatic rings. The van der Waals surface area contributed by atoms with Gasteiger partial charge >= 0.3 is 0 Å². The Morgan fingerprint density at radius 2 is 2.04 bits per heavy atom. The van der Waals surface area contributed by atoms with Crippen LogP contribution in [0.15, 0.2) is 48.9 Å². The van der Waals surface area contributed by atoms with Crippen molar-refractivity contribution >= 4 is 5.69 Å². The predicted octanol–water partition coefficient (Wildman–Crippen LogP) is 1.70. The summed E-state index contributed by atoms with van der Waals surface area (Å²) in [5, 5.41) is 12.0. The first-order chi connectivity index (χ1) is 11.9. The van der Waals surface area contributed by atoms with Crippen LogP contribution < -0.4 is 5.32 Å². The highest BCUT2D eigenvalue weighted by molar-refractivity contribution is 5.39. The number of nitrogens with one attached hydrogen (secondary N) is 1. The molecule has 0 amide bonds. The lowest BCUT2D eigenvalue weighted by atomic mass is 10.3. The maximum atomic E-state index is 4.40. The lowest BCUT2D eigenvalue weighted by molar-refractivity contribution is 0.205. The molecule has 7 heteroatoms. The van der Waals surface area contributed by atoms with Crippen LogP contribution in [-0.2, 0) is 26.2 Å². The molecular weight excluding hydrogens is 302 g/mol. The topological polar surface area (TPSA) is 71.8 Å². The van der Waals surface area contributed by atoms with E-state index < -0.39 is 0 Å². The number of pyridine rings is 2. The summed E-state index contributed by atoms with van der Waals surface area (Å²) in [5.74, 6) is 1.98. The molecule has 0 aliphatic carbocycles. The first-order valence-corrected chi connectivity index (χ1v) is 8.05. The maximum absolute atomic E-state index is 4.40. The van der Waals surface area contributed by atoms with Gasteiger partial charge in [0.1, 0.15) is 5.82 Å². The number of nitrogens with zero attached hydrogens (tertiary/aromatic N) is 6. The normalized spacial score (nSPS) is 14.3. The Morgan fingerprint density at radius 1 is 1.04 bits per heavy atom. The van der Waals surface area contributed by atoms with E-state index in [0.29, 0.717) is 6.54 Å². The van der Waals surface area contributed by atoms with Crippen molar-refractivity contribution in [2.75, 3.05) is 11.9 Å². The summed E-state index contributed by atoms with van der Waals surface area (Å²) < 4.78 is 2.21. The lowest BCUT2D eigenvalue weighted by Gasteiger charge is -2.27. The van der Waals surface area contributed by atoms with Gasteiger partial charge in [-0.3, -0.25) is 14.9 Å². The fraction of sp³-hybridized carbons (Fsp3) is 0.294. The van der Waals surface area contributed by atoms with Gasteiger partial charge in [0.15, 0.2) is 5.82 Å². The van der Waals surface area contributed by atoms with E-state index in [1.165, 1.54) is 0 Å². The Kier molecular flexibility index (Phi) is 4.16. The number of anilines is 1. The molecule has 1 N–H and O–H groups in total. The zero-order valence-corrected chi connectivity index (χ0v) is 13.3. The first kappa shape index (κ1) is 14.8. The molecule has 0 saturated heterocycles. The second kappa shape index (κ2) is 6.76. The van der Waals surface area contributed by atoms with E-state index in [-0.39, 0.29) is 0 Å². The van der Waals surface area contributed by atoms with E-state index in [1.54, 1.807) is 6.20 Å². The van der Waals surface area contributed by atoms with Crippen molar-refractivity contribution in [1.82, 2.24) is 29.6 Å². The fourth-order valence-corrected chi connectivity index (χ4v) is 2.90. The monoisotopic (exact) mass is 321 g/mol. The van der Waals surface area contributed by atoms with E-state index in [2.05, 4.69) is 41.0 Å². The highest BCUT2D eigenvalue weighted by Gasteiger charge is 2.21. The van der Waals surface area contributed by atoms with Crippen molar-refractivity contribution in [3.8, 4) is 0 Å². The van der Waals surface area contributed by atoms with Crippen LogP contribution in [0, 0.1) is 0 Å². The van der Waals surface area contributed by atoms with Gasteiger partial charge in [-0.05, 0) is 24.3 Å². The Bertz CT molecular complexity index is 785. The zero-order chi connectivity index (χ0) is 16.2. The highest BCUT2D eigenvalue weighted by atomic mass is 15.3. The van der Waals surface area contributed by atoms with E-state index in [9.17, 15) is 0 Å². The molecule has 3 aromatic heterocycles. The van der Waals surface area contributed by atoms with Crippen LogP contribution in [0.4, 0.5) is 5.69 Å². The molecule has 0 radical (unpaired) electrons. The molecule has 0 saturated carbocycles. The molecule has 0 bridgehead atoms. The van der Waals surface area contributed by atoms with Crippen LogP contribution in [0.5, 0.6) is 0 Å². The summed E-state index contributed by atoms with van der Waals surface area (Å²) >= 11 is 0. The SMILES string of the molecule is c1ccc(CN2CCn3c(CNc4cccnc4)nnc3C2)nc1. The third kappa shape index (κ3) is 3.26. The highest BCUT2D eigenvalue weighted by Crippen LogP contribution is 2.15. The summed E-state index contributed by atoms with van der Waals surface area (Å²) in [7, 11) is 0. The van der Waals surface area contributed by atoms with Gasteiger partial charge in [-0.2, -0.15) is 0 Å².